The zero-order chi connectivity index (χ0) is 58.4. The minimum absolute atomic E-state index is 0.161. The molecule has 0 bridgehead atoms. The van der Waals surface area contributed by atoms with Crippen LogP contribution < -0.4 is 14.0 Å². The van der Waals surface area contributed by atoms with Gasteiger partial charge in [-0.2, -0.15) is 0 Å². The Hall–Kier alpha value is -5.26. The van der Waals surface area contributed by atoms with Crippen molar-refractivity contribution >= 4 is 13.8 Å². The quantitative estimate of drug-likeness (QED) is 0.0242. The number of benzene rings is 1. The summed E-state index contributed by atoms with van der Waals surface area (Å²) in [6.45, 7) is 25.0. The van der Waals surface area contributed by atoms with Crippen LogP contribution in [0.25, 0.3) is 0 Å². The van der Waals surface area contributed by atoms with Gasteiger partial charge in [0.25, 0.3) is 5.76 Å². The number of phosphoric acid groups is 1. The monoisotopic (exact) mass is 1100 g/mol. The van der Waals surface area contributed by atoms with Crippen LogP contribution in [-0.2, 0) is 25.0 Å². The van der Waals surface area contributed by atoms with Crippen LogP contribution in [0.15, 0.2) is 128 Å². The van der Waals surface area contributed by atoms with Gasteiger partial charge in [0.15, 0.2) is 23.4 Å². The van der Waals surface area contributed by atoms with Crippen molar-refractivity contribution in [3.63, 3.8) is 0 Å². The molecule has 0 radical (unpaired) electrons. The van der Waals surface area contributed by atoms with E-state index in [-0.39, 0.29) is 35.0 Å². The molecule has 2 unspecified atom stereocenters. The molecule has 5 N–H and O–H groups in total. The van der Waals surface area contributed by atoms with Crippen molar-refractivity contribution in [1.82, 2.24) is 0 Å². The molecule has 0 amide bonds. The van der Waals surface area contributed by atoms with E-state index in [1.165, 1.54) is 70.8 Å². The summed E-state index contributed by atoms with van der Waals surface area (Å²) in [6.07, 6.45) is 39.4. The van der Waals surface area contributed by atoms with Gasteiger partial charge in [-0.25, -0.2) is 9.36 Å². The van der Waals surface area contributed by atoms with Gasteiger partial charge >= 0.3 is 13.8 Å². The van der Waals surface area contributed by atoms with Crippen molar-refractivity contribution in [3.05, 3.63) is 139 Å². The Labute approximate surface area is 470 Å². The normalized spacial score (nSPS) is 16.9. The van der Waals surface area contributed by atoms with Crippen molar-refractivity contribution in [2.24, 2.45) is 0 Å². The van der Waals surface area contributed by atoms with E-state index < -0.39 is 44.1 Å². The molecule has 0 spiro atoms. The topological polar surface area (TPSA) is 181 Å². The molecule has 0 saturated carbocycles. The van der Waals surface area contributed by atoms with Gasteiger partial charge < -0.3 is 43.7 Å². The molecular formula is C65H99O12P. The van der Waals surface area contributed by atoms with Crippen molar-refractivity contribution in [2.75, 3.05) is 20.8 Å². The van der Waals surface area contributed by atoms with E-state index in [0.717, 1.165) is 115 Å². The highest BCUT2D eigenvalue weighted by atomic mass is 31.2. The zero-order valence-electron chi connectivity index (χ0n) is 50.1. The fourth-order valence-corrected chi connectivity index (χ4v) is 9.76. The fraction of sp³-hybridized carbons (Fsp3) is 0.554. The average Bonchev–Trinajstić information content (AvgIpc) is 3.65. The second kappa shape index (κ2) is 36.8. The van der Waals surface area contributed by atoms with Gasteiger partial charge in [0.05, 0.1) is 20.8 Å². The summed E-state index contributed by atoms with van der Waals surface area (Å²) >= 11 is 0. The van der Waals surface area contributed by atoms with E-state index in [1.54, 1.807) is 6.92 Å². The maximum absolute atomic E-state index is 13.2. The van der Waals surface area contributed by atoms with Crippen LogP contribution in [-0.4, -0.2) is 64.3 Å². The lowest BCUT2D eigenvalue weighted by Crippen LogP contribution is -2.31. The minimum atomic E-state index is -5.26. The third-order valence-corrected chi connectivity index (χ3v) is 14.8. The van der Waals surface area contributed by atoms with Crippen LogP contribution in [0.2, 0.25) is 0 Å². The number of esters is 1. The van der Waals surface area contributed by atoms with Crippen molar-refractivity contribution in [3.8, 4) is 23.0 Å². The highest BCUT2D eigenvalue weighted by molar-refractivity contribution is 7.48. The molecule has 0 saturated heterocycles. The number of rotatable bonds is 37. The smallest absolute Gasteiger partial charge is 0.505 e. The van der Waals surface area contributed by atoms with E-state index in [0.29, 0.717) is 5.56 Å². The summed E-state index contributed by atoms with van der Waals surface area (Å²) in [5.41, 5.74) is 14.7. The standard InChI is InChI=1S/C65H99O12P/c1-45(2)24-15-25-46(3)26-16-27-47(4)28-17-29-48(5)30-18-31-49(6)32-19-33-50(7)34-20-35-51(8)36-21-37-52(9)38-22-39-53(10)40-23-41-54(11)42-43-56-55(12)60(64(74-14)62(73-13)58(56)68)76-78(71,72)77-63-59(69)61(57(67)44-66)75-65(63)70/h24,26,28,30,32,34,36,38,40,42,57,61,66-69H,15-23,25,27,29,31,33,35,37,39,41,43-44H2,1-14H3,(H,71,72)/b46-26+,47-28+,48-30+,49-32+,50-34+,51-36+,52-38+,53-40+,54-42+/t57?,61-/m1/s1. The van der Waals surface area contributed by atoms with Gasteiger partial charge in [0.2, 0.25) is 11.5 Å². The molecule has 0 aromatic heterocycles. The first kappa shape index (κ1) is 68.8. The molecule has 3 atom stereocenters. The zero-order valence-corrected chi connectivity index (χ0v) is 51.0. The van der Waals surface area contributed by atoms with Crippen LogP contribution >= 0.6 is 7.82 Å². The van der Waals surface area contributed by atoms with E-state index in [1.807, 2.05) is 13.0 Å². The number of carbonyl (C=O) groups excluding carboxylic acids is 1. The highest BCUT2D eigenvalue weighted by Crippen LogP contribution is 2.56. The third-order valence-electron chi connectivity index (χ3n) is 14.0. The summed E-state index contributed by atoms with van der Waals surface area (Å²) < 4.78 is 39.0. The molecule has 1 heterocycles. The Bertz CT molecular complexity index is 2500. The van der Waals surface area contributed by atoms with E-state index >= 15 is 0 Å². The number of aliphatic hydroxyl groups is 3. The van der Waals surface area contributed by atoms with Gasteiger partial charge in [0.1, 0.15) is 6.10 Å². The summed E-state index contributed by atoms with van der Waals surface area (Å²) in [5, 5.41) is 40.6. The van der Waals surface area contributed by atoms with Crippen LogP contribution in [0.3, 0.4) is 0 Å². The molecule has 1 aliphatic heterocycles. The van der Waals surface area contributed by atoms with Gasteiger partial charge in [-0.15, -0.1) is 0 Å². The lowest BCUT2D eigenvalue weighted by Gasteiger charge is -2.22. The largest absolute Gasteiger partial charge is 0.585 e. The summed E-state index contributed by atoms with van der Waals surface area (Å²) in [5.74, 6) is -4.34. The number of allylic oxidation sites excluding steroid dienone is 20. The Morgan fingerprint density at radius 3 is 1.15 bits per heavy atom. The fourth-order valence-electron chi connectivity index (χ4n) is 8.87. The summed E-state index contributed by atoms with van der Waals surface area (Å²) in [4.78, 5) is 23.0. The SMILES string of the molecule is COc1c(O)c(C/C=C(\C)CC/C=C(\C)CC/C=C(\C)CC/C=C(\C)CC/C=C(\C)CC/C=C(\C)CC/C=C(\C)CC/C=C(\C)CC/C=C(\C)CCC=C(C)C)c(C)c(OP(=O)(O)OC2=C(O)[C@@H](C(O)CO)OC2=O)c1OC. The van der Waals surface area contributed by atoms with Gasteiger partial charge in [-0.05, 0) is 205 Å². The lowest BCUT2D eigenvalue weighted by molar-refractivity contribution is -0.147. The van der Waals surface area contributed by atoms with Crippen molar-refractivity contribution < 1.29 is 57.9 Å². The maximum atomic E-state index is 13.2. The number of methoxy groups -OCH3 is 2. The number of cyclic esters (lactones) is 1. The van der Waals surface area contributed by atoms with Crippen LogP contribution in [0, 0.1) is 6.92 Å². The number of hydrogen-bond acceptors (Lipinski definition) is 11. The summed E-state index contributed by atoms with van der Waals surface area (Å²) in [7, 11) is -2.73. The average molecular weight is 1100 g/mol. The molecule has 1 aromatic rings. The van der Waals surface area contributed by atoms with E-state index in [9.17, 15) is 34.7 Å². The number of phenols is 1. The molecule has 2 rings (SSSR count). The predicted molar refractivity (Wildman–Crippen MR) is 320 cm³/mol. The molecule has 1 aromatic carbocycles. The highest BCUT2D eigenvalue weighted by Gasteiger charge is 2.45. The Morgan fingerprint density at radius 1 is 0.526 bits per heavy atom. The van der Waals surface area contributed by atoms with E-state index in [4.69, 9.17) is 23.3 Å². The first-order chi connectivity index (χ1) is 36.9. The van der Waals surface area contributed by atoms with Crippen molar-refractivity contribution in [1.29, 1.82) is 0 Å². The minimum Gasteiger partial charge on any atom is -0.505 e. The summed E-state index contributed by atoms with van der Waals surface area (Å²) in [6, 6.07) is 0. The second-order valence-electron chi connectivity index (χ2n) is 21.6. The van der Waals surface area contributed by atoms with E-state index in [2.05, 4.69) is 124 Å². The number of phenolic OH excluding ortho intramolecular Hbond substituents is 1. The number of ether oxygens (including phenoxy) is 3. The van der Waals surface area contributed by atoms with Crippen LogP contribution in [0.5, 0.6) is 23.0 Å². The number of hydrogen-bond donors (Lipinski definition) is 5. The number of phosphoric ester groups is 1. The lowest BCUT2D eigenvalue weighted by atomic mass is 9.99. The predicted octanol–water partition coefficient (Wildman–Crippen LogP) is 17.3. The van der Waals surface area contributed by atoms with Gasteiger partial charge in [-0.3, -0.25) is 4.89 Å². The molecule has 436 valence electrons. The number of carbonyl (C=O) groups is 1. The molecular weight excluding hydrogens is 1000 g/mol. The first-order valence-electron chi connectivity index (χ1n) is 28.1. The van der Waals surface area contributed by atoms with Crippen LogP contribution in [0.1, 0.15) is 203 Å². The van der Waals surface area contributed by atoms with Gasteiger partial charge in [-0.1, -0.05) is 116 Å². The second-order valence-corrected chi connectivity index (χ2v) is 22.9. The molecule has 1 aliphatic rings. The molecule has 0 aliphatic carbocycles. The number of aliphatic hydroxyl groups excluding tert-OH is 3. The Morgan fingerprint density at radius 2 is 0.846 bits per heavy atom. The molecule has 13 heteroatoms. The van der Waals surface area contributed by atoms with Crippen LogP contribution in [0.4, 0.5) is 0 Å². The van der Waals surface area contributed by atoms with Crippen molar-refractivity contribution in [2.45, 2.75) is 217 Å². The molecule has 78 heavy (non-hydrogen) atoms. The molecule has 12 nitrogen and oxygen atoms in total. The number of aromatic hydroxyl groups is 1. The Balaban J connectivity index is 1.77. The third kappa shape index (κ3) is 26.6. The van der Waals surface area contributed by atoms with Gasteiger partial charge in [0, 0.05) is 11.1 Å². The maximum Gasteiger partial charge on any atom is 0.585 e. The Kier molecular flexibility index (Phi) is 32.5. The molecule has 0 fully saturated rings. The first-order valence-corrected chi connectivity index (χ1v) is 29.6.